The van der Waals surface area contributed by atoms with Gasteiger partial charge in [-0.15, -0.1) is 0 Å². The van der Waals surface area contributed by atoms with Gasteiger partial charge in [-0.3, -0.25) is 4.79 Å². The number of rotatable bonds is 7. The molecule has 0 aromatic heterocycles. The lowest BCUT2D eigenvalue weighted by molar-refractivity contribution is -0.890. The van der Waals surface area contributed by atoms with Crippen LogP contribution in [0, 0.1) is 5.92 Å². The molecule has 1 aromatic carbocycles. The molecule has 0 heterocycles. The molecule has 0 aliphatic carbocycles. The molecule has 4 nitrogen and oxygen atoms in total. The molecule has 0 fully saturated rings. The highest BCUT2D eigenvalue weighted by molar-refractivity contribution is 5.76. The maximum atomic E-state index is 11.8. The first-order chi connectivity index (χ1) is 9.81. The number of hydrogen-bond acceptors (Lipinski definition) is 2. The van der Waals surface area contributed by atoms with Crippen LogP contribution < -0.4 is 15.1 Å². The Hall–Kier alpha value is -1.55. The molecule has 0 unspecified atom stereocenters. The van der Waals surface area contributed by atoms with Crippen molar-refractivity contribution in [2.75, 3.05) is 39.6 Å². The molecule has 0 radical (unpaired) electrons. The molecule has 0 bridgehead atoms. The zero-order valence-electron chi connectivity index (χ0n) is 14.2. The van der Waals surface area contributed by atoms with E-state index in [-0.39, 0.29) is 11.9 Å². The SMILES string of the molecule is CC(C)CC(=O)NC[C@H](c1ccc(N(C)C)cc1)[NH+](C)C. The quantitative estimate of drug-likeness (QED) is 0.790. The number of likely N-dealkylation sites (N-methyl/N-ethyl adjacent to an activating group) is 1. The predicted molar refractivity (Wildman–Crippen MR) is 88.8 cm³/mol. The van der Waals surface area contributed by atoms with Gasteiger partial charge in [-0.1, -0.05) is 26.0 Å². The van der Waals surface area contributed by atoms with Crippen molar-refractivity contribution in [2.45, 2.75) is 26.3 Å². The molecule has 0 aliphatic heterocycles. The van der Waals surface area contributed by atoms with Gasteiger partial charge in [0.2, 0.25) is 5.91 Å². The van der Waals surface area contributed by atoms with Crippen LogP contribution in [-0.2, 0) is 4.79 Å². The monoisotopic (exact) mass is 292 g/mol. The molecule has 21 heavy (non-hydrogen) atoms. The van der Waals surface area contributed by atoms with E-state index in [4.69, 9.17) is 0 Å². The van der Waals surface area contributed by atoms with Gasteiger partial charge in [0.25, 0.3) is 0 Å². The van der Waals surface area contributed by atoms with Crippen molar-refractivity contribution in [1.29, 1.82) is 0 Å². The number of nitrogens with zero attached hydrogens (tertiary/aromatic N) is 1. The minimum Gasteiger partial charge on any atom is -0.378 e. The number of carbonyl (C=O) groups excluding carboxylic acids is 1. The number of nitrogens with one attached hydrogen (secondary N) is 2. The first-order valence-corrected chi connectivity index (χ1v) is 7.65. The lowest BCUT2D eigenvalue weighted by Gasteiger charge is -2.23. The topological polar surface area (TPSA) is 36.8 Å². The second-order valence-electron chi connectivity index (χ2n) is 6.52. The number of carbonyl (C=O) groups is 1. The number of quaternary nitrogens is 1. The van der Waals surface area contributed by atoms with Gasteiger partial charge in [0.1, 0.15) is 6.04 Å². The van der Waals surface area contributed by atoms with E-state index >= 15 is 0 Å². The number of benzene rings is 1. The summed E-state index contributed by atoms with van der Waals surface area (Å²) in [5.74, 6) is 0.538. The minimum absolute atomic E-state index is 0.140. The maximum absolute atomic E-state index is 11.8. The van der Waals surface area contributed by atoms with E-state index in [9.17, 15) is 4.79 Å². The average Bonchev–Trinajstić information content (AvgIpc) is 2.38. The van der Waals surface area contributed by atoms with Crippen LogP contribution in [0.2, 0.25) is 0 Å². The maximum Gasteiger partial charge on any atom is 0.220 e. The fourth-order valence-corrected chi connectivity index (χ4v) is 2.32. The third-order valence-electron chi connectivity index (χ3n) is 3.61. The van der Waals surface area contributed by atoms with Crippen molar-refractivity contribution in [2.24, 2.45) is 5.92 Å². The summed E-state index contributed by atoms with van der Waals surface area (Å²) < 4.78 is 0. The van der Waals surface area contributed by atoms with Crippen molar-refractivity contribution < 1.29 is 9.69 Å². The summed E-state index contributed by atoms with van der Waals surface area (Å²) in [5.41, 5.74) is 2.44. The summed E-state index contributed by atoms with van der Waals surface area (Å²) in [6, 6.07) is 8.84. The Morgan fingerprint density at radius 1 is 1.19 bits per heavy atom. The van der Waals surface area contributed by atoms with E-state index in [1.165, 1.54) is 16.2 Å². The van der Waals surface area contributed by atoms with Crippen LogP contribution in [0.3, 0.4) is 0 Å². The van der Waals surface area contributed by atoms with Crippen LogP contribution in [-0.4, -0.2) is 40.6 Å². The summed E-state index contributed by atoms with van der Waals surface area (Å²) in [6.07, 6.45) is 0.592. The summed E-state index contributed by atoms with van der Waals surface area (Å²) >= 11 is 0. The molecule has 1 rings (SSSR count). The molecule has 1 aromatic rings. The van der Waals surface area contributed by atoms with Crippen molar-refractivity contribution in [3.63, 3.8) is 0 Å². The van der Waals surface area contributed by atoms with Gasteiger partial charge >= 0.3 is 0 Å². The Kier molecular flexibility index (Phi) is 6.69. The highest BCUT2D eigenvalue weighted by atomic mass is 16.1. The van der Waals surface area contributed by atoms with Crippen LogP contribution in [0.4, 0.5) is 5.69 Å². The zero-order chi connectivity index (χ0) is 16.0. The summed E-state index contributed by atoms with van der Waals surface area (Å²) in [5, 5.41) is 3.06. The molecule has 1 atom stereocenters. The third kappa shape index (κ3) is 5.76. The average molecular weight is 292 g/mol. The van der Waals surface area contributed by atoms with E-state index in [1.807, 2.05) is 14.1 Å². The molecule has 0 saturated carbocycles. The lowest BCUT2D eigenvalue weighted by atomic mass is 10.0. The van der Waals surface area contributed by atoms with E-state index < -0.39 is 0 Å². The molecular weight excluding hydrogens is 262 g/mol. The highest BCUT2D eigenvalue weighted by Crippen LogP contribution is 2.16. The summed E-state index contributed by atoms with van der Waals surface area (Å²) in [6.45, 7) is 4.80. The normalized spacial score (nSPS) is 12.6. The number of amides is 1. The Morgan fingerprint density at radius 2 is 1.76 bits per heavy atom. The number of hydrogen-bond donors (Lipinski definition) is 2. The molecular formula is C17H30N3O+. The third-order valence-corrected chi connectivity index (χ3v) is 3.61. The van der Waals surface area contributed by atoms with Gasteiger partial charge in [0.15, 0.2) is 0 Å². The zero-order valence-corrected chi connectivity index (χ0v) is 14.2. The number of anilines is 1. The minimum atomic E-state index is 0.140. The van der Waals surface area contributed by atoms with Gasteiger partial charge in [-0.25, -0.2) is 0 Å². The van der Waals surface area contributed by atoms with E-state index in [0.717, 1.165) is 0 Å². The molecule has 0 spiro atoms. The second-order valence-corrected chi connectivity index (χ2v) is 6.52. The van der Waals surface area contributed by atoms with Gasteiger partial charge in [0.05, 0.1) is 20.6 Å². The van der Waals surface area contributed by atoms with Crippen LogP contribution in [0.5, 0.6) is 0 Å². The fourth-order valence-electron chi connectivity index (χ4n) is 2.32. The smallest absolute Gasteiger partial charge is 0.220 e. The molecule has 1 amide bonds. The Balaban J connectivity index is 2.71. The molecule has 4 heteroatoms. The first kappa shape index (κ1) is 17.5. The van der Waals surface area contributed by atoms with E-state index in [0.29, 0.717) is 18.9 Å². The molecule has 2 N–H and O–H groups in total. The van der Waals surface area contributed by atoms with Crippen molar-refractivity contribution in [1.82, 2.24) is 5.32 Å². The largest absolute Gasteiger partial charge is 0.378 e. The van der Waals surface area contributed by atoms with Crippen LogP contribution >= 0.6 is 0 Å². The Labute approximate surface area is 129 Å². The van der Waals surface area contributed by atoms with E-state index in [1.54, 1.807) is 0 Å². The summed E-state index contributed by atoms with van der Waals surface area (Å²) in [7, 11) is 8.32. The molecule has 118 valence electrons. The standard InChI is InChI=1S/C17H29N3O/c1-13(2)11-17(21)18-12-16(20(5)6)14-7-9-15(10-8-14)19(3)4/h7-10,13,16H,11-12H2,1-6H3,(H,18,21)/p+1/t16-/m1/s1. The Morgan fingerprint density at radius 3 is 2.19 bits per heavy atom. The predicted octanol–water partition coefficient (Wildman–Crippen LogP) is 1.10. The van der Waals surface area contributed by atoms with Crippen molar-refractivity contribution >= 4 is 11.6 Å². The summed E-state index contributed by atoms with van der Waals surface area (Å²) in [4.78, 5) is 15.2. The second kappa shape index (κ2) is 8.03. The molecule has 0 aliphatic rings. The van der Waals surface area contributed by atoms with Gasteiger partial charge in [0, 0.05) is 31.8 Å². The van der Waals surface area contributed by atoms with Crippen molar-refractivity contribution in [3.05, 3.63) is 29.8 Å². The van der Waals surface area contributed by atoms with Crippen molar-refractivity contribution in [3.8, 4) is 0 Å². The van der Waals surface area contributed by atoms with E-state index in [2.05, 4.69) is 62.4 Å². The van der Waals surface area contributed by atoms with Crippen LogP contribution in [0.1, 0.15) is 31.9 Å². The van der Waals surface area contributed by atoms with Crippen LogP contribution in [0.25, 0.3) is 0 Å². The van der Waals surface area contributed by atoms with Gasteiger partial charge < -0.3 is 15.1 Å². The van der Waals surface area contributed by atoms with Crippen LogP contribution in [0.15, 0.2) is 24.3 Å². The lowest BCUT2D eigenvalue weighted by Crippen LogP contribution is -3.07. The molecule has 0 saturated heterocycles. The highest BCUT2D eigenvalue weighted by Gasteiger charge is 2.19. The first-order valence-electron chi connectivity index (χ1n) is 7.65. The van der Waals surface area contributed by atoms with Gasteiger partial charge in [-0.2, -0.15) is 0 Å². The fraction of sp³-hybridized carbons (Fsp3) is 0.588. The Bertz CT molecular complexity index is 438. The van der Waals surface area contributed by atoms with Gasteiger partial charge in [-0.05, 0) is 18.1 Å².